The van der Waals surface area contributed by atoms with Crippen molar-refractivity contribution >= 4 is 34.5 Å². The van der Waals surface area contributed by atoms with Gasteiger partial charge in [-0.1, -0.05) is 30.4 Å². The van der Waals surface area contributed by atoms with Crippen LogP contribution in [0.15, 0.2) is 67.0 Å². The molecule has 0 saturated heterocycles. The van der Waals surface area contributed by atoms with Gasteiger partial charge in [0, 0.05) is 40.5 Å². The van der Waals surface area contributed by atoms with Gasteiger partial charge >= 0.3 is 0 Å². The lowest BCUT2D eigenvalue weighted by Crippen LogP contribution is -2.00. The normalized spacial score (nSPS) is 11.2. The molecule has 0 radical (unpaired) electrons. The number of benzene rings is 3. The van der Waals surface area contributed by atoms with Gasteiger partial charge in [-0.2, -0.15) is 0 Å². The molecule has 8 nitrogen and oxygen atoms in total. The first kappa shape index (κ1) is 26.2. The molecule has 0 atom stereocenters. The lowest BCUT2D eigenvalue weighted by molar-refractivity contribution is 0.104. The van der Waals surface area contributed by atoms with Gasteiger partial charge < -0.3 is 34.0 Å². The second-order valence-corrected chi connectivity index (χ2v) is 8.15. The summed E-state index contributed by atoms with van der Waals surface area (Å²) in [4.78, 5) is 16.0. The number of allylic oxidation sites excluding steroid dienone is 1. The molecule has 4 rings (SSSR count). The number of fused-ring (bicyclic) bond motifs is 1. The van der Waals surface area contributed by atoms with Gasteiger partial charge in [0.05, 0.1) is 41.2 Å². The van der Waals surface area contributed by atoms with E-state index in [4.69, 9.17) is 23.7 Å². The summed E-state index contributed by atoms with van der Waals surface area (Å²) in [6.45, 7) is 0. The maximum absolute atomic E-state index is 12.9. The number of aromatic amines is 1. The Morgan fingerprint density at radius 3 is 2.13 bits per heavy atom. The molecule has 0 amide bonds. The van der Waals surface area contributed by atoms with Crippen molar-refractivity contribution in [2.45, 2.75) is 0 Å². The number of rotatable bonds is 11. The summed E-state index contributed by atoms with van der Waals surface area (Å²) in [6, 6.07) is 15.1. The molecule has 0 aliphatic rings. The SMILES string of the molecule is COc1cc(C=Cc2ccc(OC)c(OC)c2NC=CC(=O)c2c[nH]c3ccccc23)cc(OC)c1OC. The van der Waals surface area contributed by atoms with Gasteiger partial charge in [0.25, 0.3) is 0 Å². The van der Waals surface area contributed by atoms with Crippen molar-refractivity contribution in [1.82, 2.24) is 4.98 Å². The smallest absolute Gasteiger partial charge is 0.203 e. The topological polar surface area (TPSA) is 91.0 Å². The third-order valence-corrected chi connectivity index (χ3v) is 6.04. The summed E-state index contributed by atoms with van der Waals surface area (Å²) in [7, 11) is 7.85. The van der Waals surface area contributed by atoms with E-state index in [1.165, 1.54) is 6.08 Å². The molecule has 0 aliphatic heterocycles. The zero-order valence-electron chi connectivity index (χ0n) is 22.0. The number of nitrogens with one attached hydrogen (secondary N) is 2. The van der Waals surface area contributed by atoms with Gasteiger partial charge in [-0.25, -0.2) is 0 Å². The van der Waals surface area contributed by atoms with E-state index < -0.39 is 0 Å². The monoisotopic (exact) mass is 514 g/mol. The lowest BCUT2D eigenvalue weighted by Gasteiger charge is -2.15. The number of carbonyl (C=O) groups excluding carboxylic acids is 1. The van der Waals surface area contributed by atoms with Crippen molar-refractivity contribution in [1.29, 1.82) is 0 Å². The predicted octanol–water partition coefficient (Wildman–Crippen LogP) is 6.19. The van der Waals surface area contributed by atoms with E-state index in [0.717, 1.165) is 22.0 Å². The van der Waals surface area contributed by atoms with E-state index in [1.807, 2.05) is 60.7 Å². The van der Waals surface area contributed by atoms with Crippen LogP contribution in [0.25, 0.3) is 23.1 Å². The summed E-state index contributed by atoms with van der Waals surface area (Å²) < 4.78 is 27.5. The largest absolute Gasteiger partial charge is 0.493 e. The number of carbonyl (C=O) groups is 1. The summed E-state index contributed by atoms with van der Waals surface area (Å²) in [5.74, 6) is 2.55. The first-order valence-electron chi connectivity index (χ1n) is 11.8. The summed E-state index contributed by atoms with van der Waals surface area (Å²) in [6.07, 6.45) is 8.63. The number of para-hydroxylation sites is 1. The van der Waals surface area contributed by atoms with Crippen molar-refractivity contribution < 1.29 is 28.5 Å². The first-order chi connectivity index (χ1) is 18.5. The molecular formula is C30H30N2O6. The molecule has 0 saturated carbocycles. The van der Waals surface area contributed by atoms with Crippen LogP contribution in [-0.4, -0.2) is 46.3 Å². The van der Waals surface area contributed by atoms with Gasteiger partial charge in [-0.3, -0.25) is 4.79 Å². The average Bonchev–Trinajstić information content (AvgIpc) is 3.39. The Bertz CT molecular complexity index is 1480. The summed E-state index contributed by atoms with van der Waals surface area (Å²) >= 11 is 0. The number of hydrogen-bond donors (Lipinski definition) is 2. The zero-order chi connectivity index (χ0) is 27.1. The minimum absolute atomic E-state index is 0.133. The van der Waals surface area contributed by atoms with Crippen LogP contribution < -0.4 is 29.0 Å². The minimum atomic E-state index is -0.133. The fourth-order valence-electron chi connectivity index (χ4n) is 4.18. The molecule has 0 aliphatic carbocycles. The molecule has 0 fully saturated rings. The Hall–Kier alpha value is -4.85. The van der Waals surface area contributed by atoms with Crippen LogP contribution in [0.4, 0.5) is 5.69 Å². The number of aromatic nitrogens is 1. The molecule has 196 valence electrons. The van der Waals surface area contributed by atoms with Crippen LogP contribution in [0.1, 0.15) is 21.5 Å². The van der Waals surface area contributed by atoms with Crippen LogP contribution >= 0.6 is 0 Å². The highest BCUT2D eigenvalue weighted by Gasteiger charge is 2.15. The van der Waals surface area contributed by atoms with Gasteiger partial charge in [-0.15, -0.1) is 0 Å². The molecule has 8 heteroatoms. The Kier molecular flexibility index (Phi) is 8.23. The number of ether oxygens (including phenoxy) is 5. The minimum Gasteiger partial charge on any atom is -0.493 e. The molecular weight excluding hydrogens is 484 g/mol. The molecule has 1 aromatic heterocycles. The van der Waals surface area contributed by atoms with Crippen molar-refractivity contribution in [3.8, 4) is 28.7 Å². The number of ketones is 1. The molecule has 0 bridgehead atoms. The van der Waals surface area contributed by atoms with Crippen LogP contribution in [0.5, 0.6) is 28.7 Å². The third-order valence-electron chi connectivity index (χ3n) is 6.04. The molecule has 1 heterocycles. The van der Waals surface area contributed by atoms with E-state index in [2.05, 4.69) is 10.3 Å². The summed E-state index contributed by atoms with van der Waals surface area (Å²) in [5, 5.41) is 4.08. The lowest BCUT2D eigenvalue weighted by atomic mass is 10.1. The highest BCUT2D eigenvalue weighted by molar-refractivity contribution is 6.13. The number of H-pyrrole nitrogens is 1. The Balaban J connectivity index is 1.66. The fraction of sp³-hybridized carbons (Fsp3) is 0.167. The van der Waals surface area contributed by atoms with Crippen LogP contribution in [-0.2, 0) is 0 Å². The molecule has 2 N–H and O–H groups in total. The molecule has 0 spiro atoms. The van der Waals surface area contributed by atoms with E-state index in [0.29, 0.717) is 40.0 Å². The predicted molar refractivity (Wildman–Crippen MR) is 150 cm³/mol. The second-order valence-electron chi connectivity index (χ2n) is 8.15. The average molecular weight is 515 g/mol. The maximum Gasteiger partial charge on any atom is 0.203 e. The van der Waals surface area contributed by atoms with E-state index in [-0.39, 0.29) is 5.78 Å². The standard InChI is InChI=1S/C30H30N2O6/c1-34-25-13-12-20(11-10-19-16-26(35-2)29(37-4)27(17-19)36-3)28(30(25)38-5)31-15-14-24(33)22-18-32-23-9-7-6-8-21(22)23/h6-18,31-32H,1-5H3. The Morgan fingerprint density at radius 1 is 0.789 bits per heavy atom. The molecule has 0 unspecified atom stereocenters. The maximum atomic E-state index is 12.9. The van der Waals surface area contributed by atoms with Crippen molar-refractivity contribution in [3.05, 3.63) is 83.7 Å². The van der Waals surface area contributed by atoms with Gasteiger partial charge in [-0.05, 0) is 35.9 Å². The summed E-state index contributed by atoms with van der Waals surface area (Å²) in [5.41, 5.74) is 3.79. The Morgan fingerprint density at radius 2 is 1.47 bits per heavy atom. The quantitative estimate of drug-likeness (QED) is 0.140. The zero-order valence-corrected chi connectivity index (χ0v) is 22.0. The highest BCUT2D eigenvalue weighted by Crippen LogP contribution is 2.41. The molecule has 3 aromatic carbocycles. The van der Waals surface area contributed by atoms with Crippen molar-refractivity contribution in [2.75, 3.05) is 40.9 Å². The van der Waals surface area contributed by atoms with Crippen molar-refractivity contribution in [2.24, 2.45) is 0 Å². The van der Waals surface area contributed by atoms with E-state index in [9.17, 15) is 4.79 Å². The van der Waals surface area contributed by atoms with Gasteiger partial charge in [0.2, 0.25) is 5.75 Å². The van der Waals surface area contributed by atoms with Crippen molar-refractivity contribution in [3.63, 3.8) is 0 Å². The highest BCUT2D eigenvalue weighted by atomic mass is 16.5. The first-order valence-corrected chi connectivity index (χ1v) is 11.8. The van der Waals surface area contributed by atoms with Crippen LogP contribution in [0, 0.1) is 0 Å². The molecule has 4 aromatic rings. The number of hydrogen-bond acceptors (Lipinski definition) is 7. The number of anilines is 1. The third kappa shape index (κ3) is 5.29. The van der Waals surface area contributed by atoms with Crippen LogP contribution in [0.2, 0.25) is 0 Å². The van der Waals surface area contributed by atoms with E-state index in [1.54, 1.807) is 47.9 Å². The van der Waals surface area contributed by atoms with Gasteiger partial charge in [0.1, 0.15) is 0 Å². The molecule has 38 heavy (non-hydrogen) atoms. The Labute approximate surface area is 221 Å². The van der Waals surface area contributed by atoms with Crippen LogP contribution in [0.3, 0.4) is 0 Å². The fourth-order valence-corrected chi connectivity index (χ4v) is 4.18. The number of methoxy groups -OCH3 is 5. The van der Waals surface area contributed by atoms with E-state index >= 15 is 0 Å². The second kappa shape index (κ2) is 11.9. The van der Waals surface area contributed by atoms with Gasteiger partial charge in [0.15, 0.2) is 28.8 Å².